The number of amides is 1. The van der Waals surface area contributed by atoms with E-state index in [0.717, 1.165) is 29.8 Å². The third-order valence-electron chi connectivity index (χ3n) is 5.20. The van der Waals surface area contributed by atoms with Crippen LogP contribution in [0.5, 0.6) is 0 Å². The Morgan fingerprint density at radius 2 is 1.93 bits per heavy atom. The fraction of sp³-hybridized carbons (Fsp3) is 0.350. The Morgan fingerprint density at radius 3 is 2.59 bits per heavy atom. The first-order chi connectivity index (χ1) is 13.8. The molecule has 152 valence electrons. The van der Waals surface area contributed by atoms with Gasteiger partial charge in [0.15, 0.2) is 11.3 Å². The number of benzene rings is 1. The molecule has 0 radical (unpaired) electrons. The van der Waals surface area contributed by atoms with Crippen molar-refractivity contribution in [1.29, 1.82) is 0 Å². The van der Waals surface area contributed by atoms with Gasteiger partial charge in [0.2, 0.25) is 0 Å². The predicted molar refractivity (Wildman–Crippen MR) is 105 cm³/mol. The van der Waals surface area contributed by atoms with Gasteiger partial charge < -0.3 is 4.90 Å². The van der Waals surface area contributed by atoms with E-state index in [9.17, 15) is 18.0 Å². The van der Waals surface area contributed by atoms with E-state index < -0.39 is 11.9 Å². The van der Waals surface area contributed by atoms with Crippen LogP contribution in [-0.4, -0.2) is 38.0 Å². The van der Waals surface area contributed by atoms with Gasteiger partial charge in [-0.1, -0.05) is 28.1 Å². The maximum Gasteiger partial charge on any atom is 0.433 e. The lowest BCUT2D eigenvalue weighted by molar-refractivity contribution is -0.142. The van der Waals surface area contributed by atoms with E-state index in [1.807, 2.05) is 6.92 Å². The average molecular weight is 467 g/mol. The van der Waals surface area contributed by atoms with Crippen molar-refractivity contribution in [3.8, 4) is 11.3 Å². The molecule has 1 aliphatic rings. The predicted octanol–water partition coefficient (Wildman–Crippen LogP) is 5.19. The number of rotatable bonds is 2. The summed E-state index contributed by atoms with van der Waals surface area (Å²) in [6, 6.07) is 7.80. The largest absolute Gasteiger partial charge is 0.433 e. The van der Waals surface area contributed by atoms with Gasteiger partial charge in [0.05, 0.1) is 11.9 Å². The summed E-state index contributed by atoms with van der Waals surface area (Å²) in [7, 11) is 0. The van der Waals surface area contributed by atoms with Gasteiger partial charge in [0.1, 0.15) is 5.56 Å². The third kappa shape index (κ3) is 3.75. The van der Waals surface area contributed by atoms with Gasteiger partial charge in [-0.05, 0) is 44.4 Å². The maximum absolute atomic E-state index is 13.7. The molecule has 2 aromatic heterocycles. The van der Waals surface area contributed by atoms with Crippen molar-refractivity contribution in [2.75, 3.05) is 6.54 Å². The third-order valence-corrected chi connectivity index (χ3v) is 5.73. The second kappa shape index (κ2) is 7.44. The van der Waals surface area contributed by atoms with E-state index in [0.29, 0.717) is 16.6 Å². The quantitative estimate of drug-likeness (QED) is 0.521. The molecule has 1 aliphatic heterocycles. The molecule has 0 unspecified atom stereocenters. The van der Waals surface area contributed by atoms with Crippen LogP contribution in [0.2, 0.25) is 0 Å². The maximum atomic E-state index is 13.7. The molecule has 29 heavy (non-hydrogen) atoms. The summed E-state index contributed by atoms with van der Waals surface area (Å²) in [5.41, 5.74) is -0.305. The van der Waals surface area contributed by atoms with Gasteiger partial charge in [-0.3, -0.25) is 4.79 Å². The molecule has 3 aromatic rings. The Balaban J connectivity index is 1.88. The molecule has 3 heterocycles. The molecule has 5 nitrogen and oxygen atoms in total. The number of likely N-dealkylation sites (tertiary alicyclic amines) is 1. The second-order valence-electron chi connectivity index (χ2n) is 7.17. The first-order valence-corrected chi connectivity index (χ1v) is 10.1. The van der Waals surface area contributed by atoms with Crippen LogP contribution in [-0.2, 0) is 6.18 Å². The molecule has 1 amide bonds. The zero-order valence-corrected chi connectivity index (χ0v) is 17.2. The normalized spacial score (nSPS) is 17.7. The number of carbonyl (C=O) groups is 1. The smallest absolute Gasteiger partial charge is 0.336 e. The standard InChI is InChI=1S/C20H18BrF3N4O/c1-12-4-2-3-9-27(12)19(29)15-11-25-28-17(20(22,23)24)10-16(26-18(15)28)13-5-7-14(21)8-6-13/h5-8,10-12H,2-4,9H2,1H3/t12-/m0/s1. The topological polar surface area (TPSA) is 50.5 Å². The minimum absolute atomic E-state index is 0.0305. The zero-order valence-electron chi connectivity index (χ0n) is 15.6. The summed E-state index contributed by atoms with van der Waals surface area (Å²) in [4.78, 5) is 19.2. The molecule has 1 aromatic carbocycles. The summed E-state index contributed by atoms with van der Waals surface area (Å²) >= 11 is 3.31. The van der Waals surface area contributed by atoms with Crippen molar-refractivity contribution in [3.05, 3.63) is 52.3 Å². The second-order valence-corrected chi connectivity index (χ2v) is 8.08. The monoisotopic (exact) mass is 466 g/mol. The molecule has 9 heteroatoms. The Bertz CT molecular complexity index is 1060. The van der Waals surface area contributed by atoms with Gasteiger partial charge in [-0.2, -0.15) is 18.3 Å². The van der Waals surface area contributed by atoms with E-state index in [1.165, 1.54) is 6.20 Å². The molecule has 0 N–H and O–H groups in total. The summed E-state index contributed by atoms with van der Waals surface area (Å²) in [5, 5.41) is 3.85. The number of aromatic nitrogens is 3. The fourth-order valence-corrected chi connectivity index (χ4v) is 3.90. The number of fused-ring (bicyclic) bond motifs is 1. The number of alkyl halides is 3. The first-order valence-electron chi connectivity index (χ1n) is 9.28. The Labute approximate surface area is 173 Å². The van der Waals surface area contributed by atoms with Crippen LogP contribution in [0.15, 0.2) is 41.0 Å². The molecule has 1 saturated heterocycles. The van der Waals surface area contributed by atoms with Crippen molar-refractivity contribution in [2.24, 2.45) is 0 Å². The van der Waals surface area contributed by atoms with Crippen LogP contribution < -0.4 is 0 Å². The van der Waals surface area contributed by atoms with Crippen molar-refractivity contribution in [3.63, 3.8) is 0 Å². The van der Waals surface area contributed by atoms with Crippen LogP contribution in [0.25, 0.3) is 16.9 Å². The lowest BCUT2D eigenvalue weighted by atomic mass is 10.0. The van der Waals surface area contributed by atoms with Crippen molar-refractivity contribution in [1.82, 2.24) is 19.5 Å². The summed E-state index contributed by atoms with van der Waals surface area (Å²) < 4.78 is 42.7. The average Bonchev–Trinajstić information content (AvgIpc) is 3.11. The molecule has 0 saturated carbocycles. The molecule has 1 fully saturated rings. The number of hydrogen-bond donors (Lipinski definition) is 0. The molecule has 0 bridgehead atoms. The number of halogens is 4. The number of carbonyl (C=O) groups excluding carboxylic acids is 1. The molecule has 0 spiro atoms. The van der Waals surface area contributed by atoms with Gasteiger partial charge in [-0.25, -0.2) is 9.50 Å². The molecular weight excluding hydrogens is 449 g/mol. The van der Waals surface area contributed by atoms with Gasteiger partial charge in [-0.15, -0.1) is 0 Å². The van der Waals surface area contributed by atoms with Crippen LogP contribution in [0.3, 0.4) is 0 Å². The number of piperidine rings is 1. The first kappa shape index (κ1) is 19.9. The van der Waals surface area contributed by atoms with E-state index in [1.54, 1.807) is 29.2 Å². The lowest BCUT2D eigenvalue weighted by Gasteiger charge is -2.33. The highest BCUT2D eigenvalue weighted by Gasteiger charge is 2.36. The van der Waals surface area contributed by atoms with E-state index in [-0.39, 0.29) is 28.9 Å². The van der Waals surface area contributed by atoms with Crippen LogP contribution in [0.1, 0.15) is 42.2 Å². The molecule has 1 atom stereocenters. The number of nitrogens with zero attached hydrogens (tertiary/aromatic N) is 4. The number of hydrogen-bond acceptors (Lipinski definition) is 3. The van der Waals surface area contributed by atoms with Crippen molar-refractivity contribution < 1.29 is 18.0 Å². The fourth-order valence-electron chi connectivity index (χ4n) is 3.64. The molecule has 4 rings (SSSR count). The lowest BCUT2D eigenvalue weighted by Crippen LogP contribution is -2.42. The van der Waals surface area contributed by atoms with E-state index in [2.05, 4.69) is 26.0 Å². The summed E-state index contributed by atoms with van der Waals surface area (Å²) in [6.07, 6.45) is -0.677. The van der Waals surface area contributed by atoms with Crippen molar-refractivity contribution >= 4 is 27.5 Å². The van der Waals surface area contributed by atoms with Crippen molar-refractivity contribution in [2.45, 2.75) is 38.4 Å². The van der Waals surface area contributed by atoms with Crippen LogP contribution >= 0.6 is 15.9 Å². The van der Waals surface area contributed by atoms with E-state index in [4.69, 9.17) is 0 Å². The Morgan fingerprint density at radius 1 is 1.21 bits per heavy atom. The Hall–Kier alpha value is -2.42. The van der Waals surface area contributed by atoms with E-state index >= 15 is 0 Å². The highest BCUT2D eigenvalue weighted by atomic mass is 79.9. The highest BCUT2D eigenvalue weighted by molar-refractivity contribution is 9.10. The molecule has 0 aliphatic carbocycles. The summed E-state index contributed by atoms with van der Waals surface area (Å²) in [6.45, 7) is 2.53. The minimum Gasteiger partial charge on any atom is -0.336 e. The highest BCUT2D eigenvalue weighted by Crippen LogP contribution is 2.33. The van der Waals surface area contributed by atoms with Crippen LogP contribution in [0.4, 0.5) is 13.2 Å². The van der Waals surface area contributed by atoms with Crippen LogP contribution in [0, 0.1) is 0 Å². The van der Waals surface area contributed by atoms with Gasteiger partial charge in [0.25, 0.3) is 5.91 Å². The van der Waals surface area contributed by atoms with Gasteiger partial charge >= 0.3 is 6.18 Å². The van der Waals surface area contributed by atoms with Gasteiger partial charge in [0, 0.05) is 22.6 Å². The minimum atomic E-state index is -4.64. The molecular formula is C20H18BrF3N4O. The zero-order chi connectivity index (χ0) is 20.8. The SMILES string of the molecule is C[C@H]1CCCCN1C(=O)c1cnn2c(C(F)(F)F)cc(-c3ccc(Br)cc3)nc12. The summed E-state index contributed by atoms with van der Waals surface area (Å²) in [5.74, 6) is -0.333. The Kier molecular flexibility index (Phi) is 5.10.